The van der Waals surface area contributed by atoms with Crippen LogP contribution in [0.15, 0.2) is 304 Å². The quantitative estimate of drug-likeness (QED) is 0.00360. The minimum Gasteiger partial charge on any atom is -0.457 e. The van der Waals surface area contributed by atoms with Gasteiger partial charge in [0.1, 0.15) is 52.1 Å². The van der Waals surface area contributed by atoms with Gasteiger partial charge in [-0.2, -0.15) is 0 Å². The molecule has 748 valence electrons. The third-order valence-electron chi connectivity index (χ3n) is 18.3. The van der Waals surface area contributed by atoms with Crippen LogP contribution in [-0.2, 0) is 100 Å². The Morgan fingerprint density at radius 2 is 0.679 bits per heavy atom. The monoisotopic (exact) mass is 2260 g/mol. The smallest absolute Gasteiger partial charge is 0.294 e. The molecular weight excluding hydrogens is 2130 g/mol. The molecule has 23 nitrogen and oxygen atoms in total. The van der Waals surface area contributed by atoms with Gasteiger partial charge in [-0.05, 0) is 323 Å². The molecule has 12 aromatic rings. The molecule has 0 radical (unpaired) electrons. The molecule has 16 N–H and O–H groups in total. The number of halogens is 9. The third-order valence-corrected chi connectivity index (χ3v) is 20.7. The Kier molecular flexibility index (Phi) is 61.8. The molecule has 0 aliphatic heterocycles. The fraction of sp³-hybridized carbons (Fsp3) is 0.259. The van der Waals surface area contributed by atoms with Gasteiger partial charge in [0.05, 0.1) is 68.6 Å². The Hall–Kier alpha value is -12.4. The fourth-order valence-corrected chi connectivity index (χ4v) is 12.9. The molecule has 0 aliphatic carbocycles. The zero-order chi connectivity index (χ0) is 104. The summed E-state index contributed by atoms with van der Waals surface area (Å²) in [7, 11) is 8.03. The van der Waals surface area contributed by atoms with Crippen molar-refractivity contribution >= 4 is 116 Å². The van der Waals surface area contributed by atoms with E-state index in [-0.39, 0.29) is 35.8 Å². The summed E-state index contributed by atoms with van der Waals surface area (Å²) in [5.74, 6) is 4.55. The molecule has 0 aliphatic rings. The highest BCUT2D eigenvalue weighted by Gasteiger charge is 2.11. The normalized spacial score (nSPS) is 11.6. The summed E-state index contributed by atoms with van der Waals surface area (Å²) < 4.78 is 104. The number of nitrogens with zero attached hydrogens (tertiary/aromatic N) is 7. The Morgan fingerprint density at radius 3 is 1.01 bits per heavy atom. The Bertz CT molecular complexity index is 5400. The molecule has 12 aromatic carbocycles. The van der Waals surface area contributed by atoms with Crippen LogP contribution in [0.1, 0.15) is 119 Å². The van der Waals surface area contributed by atoms with Crippen LogP contribution in [0.3, 0.4) is 0 Å². The van der Waals surface area contributed by atoms with Crippen LogP contribution < -0.4 is 55.3 Å². The van der Waals surface area contributed by atoms with Gasteiger partial charge in [0, 0.05) is 54.2 Å². The molecule has 140 heavy (non-hydrogen) atoms. The molecular formula is C108H130F6I3N15O8. The lowest BCUT2D eigenvalue weighted by atomic mass is 10.1. The number of aryl methyl sites for hydroxylation is 4. The zero-order valence-corrected chi connectivity index (χ0v) is 87.6. The minimum absolute atomic E-state index is 0.196. The van der Waals surface area contributed by atoms with Gasteiger partial charge in [-0.3, -0.25) is 60.9 Å². The van der Waals surface area contributed by atoms with E-state index in [4.69, 9.17) is 55.3 Å². The number of nitrogens with two attached hydrogens (primary N) is 8. The predicted molar refractivity (Wildman–Crippen MR) is 580 cm³/mol. The number of amidine groups is 5. The van der Waals surface area contributed by atoms with E-state index in [0.717, 1.165) is 86.6 Å². The van der Waals surface area contributed by atoms with Gasteiger partial charge in [-0.15, -0.1) is 0 Å². The molecule has 12 rings (SSSR count). The van der Waals surface area contributed by atoms with E-state index in [9.17, 15) is 40.7 Å². The Labute approximate surface area is 861 Å². The number of aliphatic imine (C=N–C) groups is 5. The number of carbonyl (C=O) groups excluding carboxylic acids is 3. The largest absolute Gasteiger partial charge is 0.457 e. The van der Waals surface area contributed by atoms with E-state index < -0.39 is 18.7 Å². The summed E-state index contributed by atoms with van der Waals surface area (Å²) in [6, 6.07) is 84.1. The molecule has 32 heteroatoms. The third kappa shape index (κ3) is 59.1. The molecule has 3 atom stereocenters. The second-order valence-corrected chi connectivity index (χ2v) is 35.4. The van der Waals surface area contributed by atoms with Crippen LogP contribution in [0, 0.1) is 60.6 Å². The van der Waals surface area contributed by atoms with E-state index in [2.05, 4.69) is 102 Å². The maximum absolute atomic E-state index is 12.8. The first-order valence-electron chi connectivity index (χ1n) is 44.1. The van der Waals surface area contributed by atoms with Crippen molar-refractivity contribution < 1.29 is 64.4 Å². The van der Waals surface area contributed by atoms with Crippen molar-refractivity contribution in [3.05, 3.63) is 397 Å². The number of rotatable bonds is 33. The number of carbonyl (C=O) groups is 3. The van der Waals surface area contributed by atoms with E-state index in [1.54, 1.807) is 89.2 Å². The predicted octanol–water partition coefficient (Wildman–Crippen LogP) is 21.3. The van der Waals surface area contributed by atoms with Gasteiger partial charge in [-0.25, -0.2) is 22.0 Å². The van der Waals surface area contributed by atoms with E-state index >= 15 is 0 Å². The van der Waals surface area contributed by atoms with E-state index in [1.165, 1.54) is 74.4 Å². The summed E-state index contributed by atoms with van der Waals surface area (Å²) in [4.78, 5) is 54.3. The minimum atomic E-state index is -0.541. The van der Waals surface area contributed by atoms with Gasteiger partial charge < -0.3 is 62.2 Å². The highest BCUT2D eigenvalue weighted by molar-refractivity contribution is 14.1. The topological polar surface area (TPSA) is 374 Å². The van der Waals surface area contributed by atoms with Crippen molar-refractivity contribution in [2.24, 2.45) is 70.8 Å². The summed E-state index contributed by atoms with van der Waals surface area (Å²) >= 11 is 6.18. The SMILES string of the molecule is CC(N)=NCc1ccc(F)c([131I])c1.CC(N)=NCc1ccc([131I])cc1.CC(N)=NCc1ccc([18F])c(I)c1.CC(N)=NCc1cccc(CCC[18F])c1.CC(N)=NCc1cccc([18F])c1.CN(C)Cc1ccccc1Oc1ccc([18F])cc1.CN(C)Cc1ccccc1Oc1ccc([18F])cc1.Cc1ccc(C[C@@H](N)OC=O)cc1.Cc1ccc(C[C@@H](N)OC=O)cc1.Cc1ccc(C[C@@H](N)OC=O)cc1. The molecule has 0 heterocycles. The summed E-state index contributed by atoms with van der Waals surface area (Å²) in [6.45, 7) is 20.0. The molecule has 0 fully saturated rings. The van der Waals surface area contributed by atoms with Crippen molar-refractivity contribution in [1.82, 2.24) is 9.80 Å². The number of hydrogen-bond donors (Lipinski definition) is 8. The molecule has 0 saturated heterocycles. The number of alkyl halides is 1. The maximum atomic E-state index is 12.8. The van der Waals surface area contributed by atoms with Crippen LogP contribution in [-0.4, -0.2) is 112 Å². The van der Waals surface area contributed by atoms with Gasteiger partial charge in [-0.1, -0.05) is 187 Å². The first-order valence-corrected chi connectivity index (χ1v) is 47.3. The number of ether oxygens (including phenoxy) is 5. The molecule has 0 aromatic heterocycles. The van der Waals surface area contributed by atoms with Crippen LogP contribution in [0.2, 0.25) is 0 Å². The van der Waals surface area contributed by atoms with E-state index in [1.807, 2.05) is 240 Å². The zero-order valence-electron chi connectivity index (χ0n) is 81.1. The summed E-state index contributed by atoms with van der Waals surface area (Å²) in [6.07, 6.45) is 1.41. The highest BCUT2D eigenvalue weighted by atomic mass is 131. The second kappa shape index (κ2) is 71.1. The van der Waals surface area contributed by atoms with Gasteiger partial charge >= 0.3 is 0 Å². The molecule has 0 unspecified atom stereocenters. The standard InChI is InChI=1S/2C15H16FNO.C12H17FN2.3C10H13NO2.2C9H10FIN2.C9H11FN2.C9H11IN2/c2*1-17(2)11-12-5-3-4-6-15(12)18-14-9-7-13(16)8-10-14;1-10(14)15-9-12-5-2-4-11(8-12)6-3-7-13;3*1-8-2-4-9(5-3-8)6-10(11)13-7-12;2*1-6(12)13-5-7-2-3-8(10)9(11)4-7;1-7(11)12-6-8-3-2-4-9(10)5-8;1-7(11)12-6-8-2-4-9(10)5-3-8/h2*3-10H,11H2,1-2H3;2,4-5,8H,3,6-7,9H2,1H3,(H2,14,15);3*2-5,7,10H,6,11H2,1H3;2*2-4H,5H2,1H3,(H2,12,13);2*2-5H,6H2,1H3,(H2,11,12)/t;;;3*10-;;;;/m...000..../s1/i2*16-1;13-1;;;;11+4;2*10-1;10+4. The van der Waals surface area contributed by atoms with Gasteiger partial charge in [0.2, 0.25) is 0 Å². The van der Waals surface area contributed by atoms with Crippen LogP contribution >= 0.6 is 67.8 Å². The second-order valence-electron chi connectivity index (χ2n) is 31.8. The molecule has 0 saturated carbocycles. The molecule has 0 spiro atoms. The Balaban J connectivity index is 0.000000401. The Morgan fingerprint density at radius 1 is 0.364 bits per heavy atom. The van der Waals surface area contributed by atoms with Crippen molar-refractivity contribution in [3.63, 3.8) is 0 Å². The maximum Gasteiger partial charge on any atom is 0.294 e. The lowest BCUT2D eigenvalue weighted by molar-refractivity contribution is -0.134. The van der Waals surface area contributed by atoms with E-state index in [0.29, 0.717) is 126 Å². The van der Waals surface area contributed by atoms with Crippen molar-refractivity contribution in [1.29, 1.82) is 0 Å². The average molecular weight is 2260 g/mol. The van der Waals surface area contributed by atoms with Gasteiger partial charge in [0.25, 0.3) is 19.4 Å². The number of benzene rings is 12. The van der Waals surface area contributed by atoms with Crippen LogP contribution in [0.4, 0.5) is 26.3 Å². The van der Waals surface area contributed by atoms with Gasteiger partial charge in [0.15, 0.2) is 18.7 Å². The first-order chi connectivity index (χ1) is 66.7. The average Bonchev–Trinajstić information content (AvgIpc) is 0.851. The lowest BCUT2D eigenvalue weighted by Crippen LogP contribution is -2.25. The van der Waals surface area contributed by atoms with Crippen LogP contribution in [0.25, 0.3) is 0 Å². The molecule has 0 bridgehead atoms. The first kappa shape index (κ1) is 122. The summed E-state index contributed by atoms with van der Waals surface area (Å²) in [5, 5.41) is 0. The highest BCUT2D eigenvalue weighted by Crippen LogP contribution is 2.29. The fourth-order valence-electron chi connectivity index (χ4n) is 11.4. The van der Waals surface area contributed by atoms with Crippen molar-refractivity contribution in [2.45, 2.75) is 152 Å². The van der Waals surface area contributed by atoms with Crippen LogP contribution in [0.5, 0.6) is 23.0 Å². The number of para-hydroxylation sites is 2. The van der Waals surface area contributed by atoms with Crippen molar-refractivity contribution in [3.8, 4) is 23.0 Å². The summed E-state index contributed by atoms with van der Waals surface area (Å²) in [5.41, 5.74) is 58.7. The lowest BCUT2D eigenvalue weighted by Gasteiger charge is -2.14. The molecule has 0 amide bonds. The van der Waals surface area contributed by atoms with Crippen molar-refractivity contribution in [2.75, 3.05) is 34.9 Å². The number of hydrogen-bond acceptors (Lipinski definition) is 18.